The first-order valence-corrected chi connectivity index (χ1v) is 7.62. The lowest BCUT2D eigenvalue weighted by atomic mass is 9.91. The molecule has 15 heavy (non-hydrogen) atoms. The molecule has 1 saturated carbocycles. The maximum absolute atomic E-state index is 11.1. The van der Waals surface area contributed by atoms with E-state index in [1.54, 1.807) is 0 Å². The Kier molecular flexibility index (Phi) is 4.55. The van der Waals surface area contributed by atoms with E-state index in [1.165, 1.54) is 6.26 Å². The smallest absolute Gasteiger partial charge is 0.148 e. The Morgan fingerprint density at radius 1 is 1.47 bits per heavy atom. The molecule has 0 heterocycles. The summed E-state index contributed by atoms with van der Waals surface area (Å²) in [6.07, 6.45) is 5.59. The van der Waals surface area contributed by atoms with Crippen LogP contribution >= 0.6 is 0 Å². The number of nitrogens with one attached hydrogen (secondary N) is 1. The van der Waals surface area contributed by atoms with Crippen molar-refractivity contribution in [1.29, 1.82) is 0 Å². The summed E-state index contributed by atoms with van der Waals surface area (Å²) in [6.45, 7) is 1.92. The minimum Gasteiger partial charge on any atom is -0.328 e. The molecule has 1 aliphatic rings. The number of rotatable bonds is 4. The molecule has 5 heteroatoms. The largest absolute Gasteiger partial charge is 0.328 e. The van der Waals surface area contributed by atoms with Gasteiger partial charge in [0.25, 0.3) is 0 Å². The second-order valence-corrected chi connectivity index (χ2v) is 6.97. The normalized spacial score (nSPS) is 30.1. The van der Waals surface area contributed by atoms with Gasteiger partial charge in [-0.25, -0.2) is 8.42 Å². The van der Waals surface area contributed by atoms with Gasteiger partial charge in [-0.1, -0.05) is 6.42 Å². The third-order valence-electron chi connectivity index (χ3n) is 2.79. The van der Waals surface area contributed by atoms with Crippen molar-refractivity contribution in [3.8, 4) is 0 Å². The zero-order chi connectivity index (χ0) is 11.5. The molecule has 3 N–H and O–H groups in total. The summed E-state index contributed by atoms with van der Waals surface area (Å²) >= 11 is 0. The van der Waals surface area contributed by atoms with Gasteiger partial charge >= 0.3 is 0 Å². The second-order valence-electron chi connectivity index (χ2n) is 4.78. The van der Waals surface area contributed by atoms with Crippen LogP contribution < -0.4 is 11.1 Å². The minimum atomic E-state index is -2.88. The van der Waals surface area contributed by atoms with E-state index in [4.69, 9.17) is 5.73 Å². The van der Waals surface area contributed by atoms with Gasteiger partial charge in [-0.3, -0.25) is 0 Å². The van der Waals surface area contributed by atoms with Crippen molar-refractivity contribution in [3.05, 3.63) is 0 Å². The molecule has 0 bridgehead atoms. The Morgan fingerprint density at radius 2 is 2.13 bits per heavy atom. The van der Waals surface area contributed by atoms with Crippen molar-refractivity contribution in [1.82, 2.24) is 5.32 Å². The molecule has 4 nitrogen and oxygen atoms in total. The molecule has 90 valence electrons. The Bertz CT molecular complexity index is 290. The molecule has 3 atom stereocenters. The van der Waals surface area contributed by atoms with Gasteiger partial charge in [-0.15, -0.1) is 0 Å². The van der Waals surface area contributed by atoms with Crippen molar-refractivity contribution in [3.63, 3.8) is 0 Å². The first-order valence-electron chi connectivity index (χ1n) is 5.56. The Balaban J connectivity index is 2.34. The third-order valence-corrected chi connectivity index (χ3v) is 3.89. The summed E-state index contributed by atoms with van der Waals surface area (Å²) in [4.78, 5) is 0. The summed E-state index contributed by atoms with van der Waals surface area (Å²) in [5, 5.41) is 3.35. The summed E-state index contributed by atoms with van der Waals surface area (Å²) in [6, 6.07) is 0.697. The summed E-state index contributed by atoms with van der Waals surface area (Å²) in [5.74, 6) is 0.207. The lowest BCUT2D eigenvalue weighted by Gasteiger charge is -2.29. The van der Waals surface area contributed by atoms with E-state index in [0.29, 0.717) is 6.04 Å². The quantitative estimate of drug-likeness (QED) is 0.733. The van der Waals surface area contributed by atoms with Crippen molar-refractivity contribution in [2.45, 2.75) is 50.7 Å². The number of nitrogens with two attached hydrogens (primary N) is 1. The van der Waals surface area contributed by atoms with Crippen LogP contribution in [0.4, 0.5) is 0 Å². The predicted octanol–water partition coefficient (Wildman–Crippen LogP) is 0.279. The fraction of sp³-hybridized carbons (Fsp3) is 1.00. The SMILES string of the molecule is CC(CS(C)(=O)=O)NC1CCCC(N)C1. The maximum atomic E-state index is 11.1. The maximum Gasteiger partial charge on any atom is 0.148 e. The van der Waals surface area contributed by atoms with Crippen LogP contribution in [0.1, 0.15) is 32.6 Å². The highest BCUT2D eigenvalue weighted by molar-refractivity contribution is 7.90. The molecule has 3 unspecified atom stereocenters. The van der Waals surface area contributed by atoms with E-state index in [1.807, 2.05) is 6.92 Å². The van der Waals surface area contributed by atoms with Crippen molar-refractivity contribution in [2.24, 2.45) is 5.73 Å². The first kappa shape index (κ1) is 12.9. The summed E-state index contributed by atoms with van der Waals surface area (Å²) < 4.78 is 22.2. The minimum absolute atomic E-state index is 0.0234. The van der Waals surface area contributed by atoms with Crippen LogP contribution in [0.3, 0.4) is 0 Å². The number of hydrogen-bond acceptors (Lipinski definition) is 4. The molecule has 1 fully saturated rings. The molecule has 1 rings (SSSR count). The van der Waals surface area contributed by atoms with E-state index < -0.39 is 9.84 Å². The van der Waals surface area contributed by atoms with E-state index in [-0.39, 0.29) is 17.8 Å². The van der Waals surface area contributed by atoms with Crippen molar-refractivity contribution >= 4 is 9.84 Å². The van der Waals surface area contributed by atoms with Gasteiger partial charge in [0.15, 0.2) is 0 Å². The number of sulfone groups is 1. The van der Waals surface area contributed by atoms with Gasteiger partial charge < -0.3 is 11.1 Å². The van der Waals surface area contributed by atoms with Crippen molar-refractivity contribution < 1.29 is 8.42 Å². The average molecular weight is 234 g/mol. The van der Waals surface area contributed by atoms with E-state index in [2.05, 4.69) is 5.32 Å². The van der Waals surface area contributed by atoms with Crippen LogP contribution in [0.25, 0.3) is 0 Å². The van der Waals surface area contributed by atoms with Crippen LogP contribution in [-0.4, -0.2) is 38.6 Å². The van der Waals surface area contributed by atoms with E-state index in [9.17, 15) is 8.42 Å². The van der Waals surface area contributed by atoms with Gasteiger partial charge in [-0.05, 0) is 26.2 Å². The molecule has 0 aromatic rings. The first-order chi connectivity index (χ1) is 6.87. The molecule has 1 aliphatic carbocycles. The standard InChI is InChI=1S/C10H22N2O2S/c1-8(7-15(2,13)14)12-10-5-3-4-9(11)6-10/h8-10,12H,3-7,11H2,1-2H3. The molecule has 0 aliphatic heterocycles. The van der Waals surface area contributed by atoms with Gasteiger partial charge in [0.05, 0.1) is 5.75 Å². The average Bonchev–Trinajstić information content (AvgIpc) is 1.99. The fourth-order valence-electron chi connectivity index (χ4n) is 2.28. The highest BCUT2D eigenvalue weighted by atomic mass is 32.2. The van der Waals surface area contributed by atoms with Crippen LogP contribution in [0.2, 0.25) is 0 Å². The number of hydrogen-bond donors (Lipinski definition) is 2. The highest BCUT2D eigenvalue weighted by Crippen LogP contribution is 2.17. The molecule has 0 spiro atoms. The lowest BCUT2D eigenvalue weighted by molar-refractivity contribution is 0.323. The van der Waals surface area contributed by atoms with Gasteiger partial charge in [-0.2, -0.15) is 0 Å². The molecule has 0 amide bonds. The van der Waals surface area contributed by atoms with Crippen LogP contribution in [0.5, 0.6) is 0 Å². The molecule has 0 radical (unpaired) electrons. The van der Waals surface area contributed by atoms with Crippen molar-refractivity contribution in [2.75, 3.05) is 12.0 Å². The highest BCUT2D eigenvalue weighted by Gasteiger charge is 2.21. The van der Waals surface area contributed by atoms with E-state index in [0.717, 1.165) is 25.7 Å². The topological polar surface area (TPSA) is 72.2 Å². The molecule has 0 saturated heterocycles. The third kappa shape index (κ3) is 5.49. The van der Waals surface area contributed by atoms with Gasteiger partial charge in [0, 0.05) is 24.4 Å². The predicted molar refractivity (Wildman–Crippen MR) is 62.5 cm³/mol. The molecule has 0 aromatic carbocycles. The summed E-state index contributed by atoms with van der Waals surface area (Å²) in [5.41, 5.74) is 5.87. The van der Waals surface area contributed by atoms with Crippen LogP contribution in [0, 0.1) is 0 Å². The summed E-state index contributed by atoms with van der Waals surface area (Å²) in [7, 11) is -2.88. The van der Waals surface area contributed by atoms with E-state index >= 15 is 0 Å². The van der Waals surface area contributed by atoms with Crippen LogP contribution in [0.15, 0.2) is 0 Å². The fourth-order valence-corrected chi connectivity index (χ4v) is 3.29. The molecular weight excluding hydrogens is 212 g/mol. The molecular formula is C10H22N2O2S. The Hall–Kier alpha value is -0.130. The zero-order valence-corrected chi connectivity index (χ0v) is 10.4. The monoisotopic (exact) mass is 234 g/mol. The second kappa shape index (κ2) is 5.27. The Labute approximate surface area is 92.5 Å². The van der Waals surface area contributed by atoms with Crippen LogP contribution in [-0.2, 0) is 9.84 Å². The van der Waals surface area contributed by atoms with Gasteiger partial charge in [0.1, 0.15) is 9.84 Å². The Morgan fingerprint density at radius 3 is 2.67 bits per heavy atom. The lowest BCUT2D eigenvalue weighted by Crippen LogP contribution is -2.45. The molecule has 0 aromatic heterocycles. The zero-order valence-electron chi connectivity index (χ0n) is 9.57. The van der Waals surface area contributed by atoms with Gasteiger partial charge in [0.2, 0.25) is 0 Å².